The summed E-state index contributed by atoms with van der Waals surface area (Å²) in [5.41, 5.74) is 1.80. The third-order valence-corrected chi connectivity index (χ3v) is 6.65. The fourth-order valence-electron chi connectivity index (χ4n) is 3.47. The van der Waals surface area contributed by atoms with Gasteiger partial charge in [0.2, 0.25) is 15.9 Å². The Morgan fingerprint density at radius 3 is 2.03 bits per heavy atom. The lowest BCUT2D eigenvalue weighted by Gasteiger charge is -2.25. The van der Waals surface area contributed by atoms with E-state index in [4.69, 9.17) is 9.47 Å². The van der Waals surface area contributed by atoms with Crippen molar-refractivity contribution >= 4 is 15.9 Å². The lowest BCUT2D eigenvalue weighted by Crippen LogP contribution is -2.48. The van der Waals surface area contributed by atoms with Gasteiger partial charge in [0.15, 0.2) is 11.5 Å². The van der Waals surface area contributed by atoms with Gasteiger partial charge in [-0.15, -0.1) is 0 Å². The third-order valence-electron chi connectivity index (χ3n) is 5.18. The number of carbonyl (C=O) groups excluding carboxylic acids is 1. The van der Waals surface area contributed by atoms with Crippen LogP contribution in [0.5, 0.6) is 11.5 Å². The summed E-state index contributed by atoms with van der Waals surface area (Å²) in [6.07, 6.45) is 0.214. The van der Waals surface area contributed by atoms with E-state index >= 15 is 0 Å². The van der Waals surface area contributed by atoms with E-state index in [9.17, 15) is 13.2 Å². The Kier molecular flexibility index (Phi) is 8.08. The highest BCUT2D eigenvalue weighted by Crippen LogP contribution is 2.29. The van der Waals surface area contributed by atoms with Crippen LogP contribution in [0.4, 0.5) is 0 Å². The van der Waals surface area contributed by atoms with Crippen molar-refractivity contribution in [3.05, 3.63) is 90.0 Å². The summed E-state index contributed by atoms with van der Waals surface area (Å²) >= 11 is 0. The standard InChI is InChI=1S/C25H28N2O5S/c1-27(18-20-12-8-5-9-13-20)25(28)22(16-19-10-6-4-7-11-19)26-33(29,30)21-14-15-23(31-2)24(17-21)32-3/h4-15,17,22,26H,16,18H2,1-3H3. The average molecular weight is 469 g/mol. The highest BCUT2D eigenvalue weighted by Gasteiger charge is 2.29. The summed E-state index contributed by atoms with van der Waals surface area (Å²) in [6.45, 7) is 0.364. The van der Waals surface area contributed by atoms with Crippen LogP contribution in [0.2, 0.25) is 0 Å². The maximum absolute atomic E-state index is 13.3. The van der Waals surface area contributed by atoms with Gasteiger partial charge in [0.05, 0.1) is 19.1 Å². The van der Waals surface area contributed by atoms with Gasteiger partial charge in [0.1, 0.15) is 6.04 Å². The first kappa shape index (κ1) is 24.3. The fourth-order valence-corrected chi connectivity index (χ4v) is 4.67. The fraction of sp³-hybridized carbons (Fsp3) is 0.240. The Bertz CT molecular complexity index is 1170. The van der Waals surface area contributed by atoms with Crippen LogP contribution in [-0.4, -0.2) is 46.5 Å². The molecular weight excluding hydrogens is 440 g/mol. The molecule has 0 aromatic heterocycles. The van der Waals surface area contributed by atoms with Crippen molar-refractivity contribution in [3.63, 3.8) is 0 Å². The largest absolute Gasteiger partial charge is 0.493 e. The zero-order valence-electron chi connectivity index (χ0n) is 18.9. The molecule has 0 aliphatic rings. The second-order valence-electron chi connectivity index (χ2n) is 7.56. The molecule has 1 amide bonds. The second-order valence-corrected chi connectivity index (χ2v) is 9.27. The number of carbonyl (C=O) groups is 1. The summed E-state index contributed by atoms with van der Waals surface area (Å²) < 4.78 is 39.4. The summed E-state index contributed by atoms with van der Waals surface area (Å²) in [4.78, 5) is 14.8. The number of ether oxygens (including phenoxy) is 2. The number of sulfonamides is 1. The van der Waals surface area contributed by atoms with Crippen molar-refractivity contribution in [2.24, 2.45) is 0 Å². The second kappa shape index (κ2) is 11.0. The van der Waals surface area contributed by atoms with Gasteiger partial charge >= 0.3 is 0 Å². The lowest BCUT2D eigenvalue weighted by molar-refractivity contribution is -0.132. The number of likely N-dealkylation sites (N-methyl/N-ethyl adjacent to an activating group) is 1. The molecular formula is C25H28N2O5S. The number of nitrogens with one attached hydrogen (secondary N) is 1. The summed E-state index contributed by atoms with van der Waals surface area (Å²) in [5.74, 6) is 0.371. The number of benzene rings is 3. The van der Waals surface area contributed by atoms with Gasteiger partial charge in [-0.3, -0.25) is 4.79 Å². The number of amides is 1. The molecule has 1 N–H and O–H groups in total. The first-order valence-corrected chi connectivity index (χ1v) is 11.9. The monoisotopic (exact) mass is 468 g/mol. The van der Waals surface area contributed by atoms with Gasteiger partial charge in [-0.05, 0) is 29.7 Å². The minimum Gasteiger partial charge on any atom is -0.493 e. The van der Waals surface area contributed by atoms with Crippen LogP contribution in [0.3, 0.4) is 0 Å². The molecule has 33 heavy (non-hydrogen) atoms. The van der Waals surface area contributed by atoms with Gasteiger partial charge in [-0.25, -0.2) is 8.42 Å². The zero-order valence-corrected chi connectivity index (χ0v) is 19.7. The molecule has 0 heterocycles. The van der Waals surface area contributed by atoms with E-state index in [1.54, 1.807) is 7.05 Å². The highest BCUT2D eigenvalue weighted by molar-refractivity contribution is 7.89. The summed E-state index contributed by atoms with van der Waals surface area (Å²) in [5, 5.41) is 0. The smallest absolute Gasteiger partial charge is 0.241 e. The topological polar surface area (TPSA) is 84.9 Å². The Hall–Kier alpha value is -3.36. The van der Waals surface area contributed by atoms with Crippen LogP contribution < -0.4 is 14.2 Å². The quantitative estimate of drug-likeness (QED) is 0.494. The Balaban J connectivity index is 1.88. The molecule has 0 bridgehead atoms. The van der Waals surface area contributed by atoms with Gasteiger partial charge < -0.3 is 14.4 Å². The van der Waals surface area contributed by atoms with E-state index in [0.717, 1.165) is 11.1 Å². The molecule has 7 nitrogen and oxygen atoms in total. The van der Waals surface area contributed by atoms with Crippen LogP contribution in [-0.2, 0) is 27.8 Å². The molecule has 3 aromatic carbocycles. The predicted octanol–water partition coefficient (Wildman–Crippen LogP) is 3.25. The van der Waals surface area contributed by atoms with Crippen LogP contribution in [0.15, 0.2) is 83.8 Å². The first-order valence-electron chi connectivity index (χ1n) is 10.4. The Morgan fingerprint density at radius 2 is 1.45 bits per heavy atom. The van der Waals surface area contributed by atoms with Gasteiger partial charge in [0, 0.05) is 19.7 Å². The minimum atomic E-state index is -4.02. The third kappa shape index (κ3) is 6.34. The van der Waals surface area contributed by atoms with Crippen molar-refractivity contribution in [2.45, 2.75) is 23.9 Å². The molecule has 0 aliphatic carbocycles. The molecule has 1 atom stereocenters. The Morgan fingerprint density at radius 1 is 0.879 bits per heavy atom. The van der Waals surface area contributed by atoms with Crippen molar-refractivity contribution in [1.29, 1.82) is 0 Å². The molecule has 0 aliphatic heterocycles. The Labute approximate surface area is 195 Å². The molecule has 0 radical (unpaired) electrons. The minimum absolute atomic E-state index is 0.0169. The summed E-state index contributed by atoms with van der Waals surface area (Å²) in [6, 6.07) is 22.2. The maximum Gasteiger partial charge on any atom is 0.241 e. The highest BCUT2D eigenvalue weighted by atomic mass is 32.2. The lowest BCUT2D eigenvalue weighted by atomic mass is 10.1. The molecule has 1 unspecified atom stereocenters. The van der Waals surface area contributed by atoms with Gasteiger partial charge in [-0.1, -0.05) is 60.7 Å². The molecule has 0 fully saturated rings. The number of hydrogen-bond donors (Lipinski definition) is 1. The number of hydrogen-bond acceptors (Lipinski definition) is 5. The maximum atomic E-state index is 13.3. The summed E-state index contributed by atoms with van der Waals surface area (Å²) in [7, 11) is 0.549. The first-order chi connectivity index (χ1) is 15.8. The van der Waals surface area contributed by atoms with Crippen molar-refractivity contribution in [3.8, 4) is 11.5 Å². The van der Waals surface area contributed by atoms with E-state index in [2.05, 4.69) is 4.72 Å². The van der Waals surface area contributed by atoms with Gasteiger partial charge in [0.25, 0.3) is 0 Å². The van der Waals surface area contributed by atoms with E-state index in [-0.39, 0.29) is 23.0 Å². The van der Waals surface area contributed by atoms with E-state index in [1.165, 1.54) is 37.3 Å². The number of methoxy groups -OCH3 is 2. The molecule has 0 spiro atoms. The molecule has 0 saturated carbocycles. The van der Waals surface area contributed by atoms with E-state index in [0.29, 0.717) is 12.3 Å². The van der Waals surface area contributed by atoms with Crippen LogP contribution in [0, 0.1) is 0 Å². The van der Waals surface area contributed by atoms with Gasteiger partial charge in [-0.2, -0.15) is 4.72 Å². The van der Waals surface area contributed by atoms with E-state index < -0.39 is 16.1 Å². The molecule has 174 valence electrons. The molecule has 0 saturated heterocycles. The number of nitrogens with zero attached hydrogens (tertiary/aromatic N) is 1. The predicted molar refractivity (Wildman–Crippen MR) is 127 cm³/mol. The molecule has 3 aromatic rings. The molecule has 8 heteroatoms. The molecule has 3 rings (SSSR count). The zero-order chi connectivity index (χ0) is 23.8. The van der Waals surface area contributed by atoms with Crippen molar-refractivity contribution in [1.82, 2.24) is 9.62 Å². The SMILES string of the molecule is COc1ccc(S(=O)(=O)NC(Cc2ccccc2)C(=O)N(C)Cc2ccccc2)cc1OC. The van der Waals surface area contributed by atoms with Crippen molar-refractivity contribution in [2.75, 3.05) is 21.3 Å². The normalized spacial score (nSPS) is 12.1. The van der Waals surface area contributed by atoms with Crippen LogP contribution in [0.25, 0.3) is 0 Å². The van der Waals surface area contributed by atoms with E-state index in [1.807, 2.05) is 60.7 Å². The average Bonchev–Trinajstić information content (AvgIpc) is 2.83. The number of rotatable bonds is 10. The van der Waals surface area contributed by atoms with Crippen LogP contribution in [0.1, 0.15) is 11.1 Å². The van der Waals surface area contributed by atoms with Crippen LogP contribution >= 0.6 is 0 Å². The van der Waals surface area contributed by atoms with Crippen molar-refractivity contribution < 1.29 is 22.7 Å².